The Balaban J connectivity index is 1.63. The average Bonchev–Trinajstić information content (AvgIpc) is 2.56. The normalized spacial score (nSPS) is 16.9. The maximum atomic E-state index is 11.8. The topological polar surface area (TPSA) is 33.5 Å². The third kappa shape index (κ3) is 3.37. The zero-order valence-corrected chi connectivity index (χ0v) is 13.1. The van der Waals surface area contributed by atoms with Crippen molar-refractivity contribution in [2.45, 2.75) is 26.4 Å². The fourth-order valence-electron chi connectivity index (χ4n) is 3.12. The van der Waals surface area contributed by atoms with Crippen molar-refractivity contribution < 1.29 is 9.69 Å². The van der Waals surface area contributed by atoms with Crippen LogP contribution in [-0.4, -0.2) is 19.0 Å². The molecule has 0 bridgehead atoms. The van der Waals surface area contributed by atoms with Crippen molar-refractivity contribution in [1.82, 2.24) is 5.32 Å². The highest BCUT2D eigenvalue weighted by Crippen LogP contribution is 2.11. The van der Waals surface area contributed by atoms with E-state index in [4.69, 9.17) is 0 Å². The van der Waals surface area contributed by atoms with Gasteiger partial charge in [-0.2, -0.15) is 0 Å². The molecule has 0 aliphatic carbocycles. The van der Waals surface area contributed by atoms with E-state index in [0.29, 0.717) is 6.54 Å². The monoisotopic (exact) mass is 295 g/mol. The number of carbonyl (C=O) groups excluding carboxylic acids is 1. The van der Waals surface area contributed by atoms with Gasteiger partial charge in [-0.1, -0.05) is 36.4 Å². The van der Waals surface area contributed by atoms with Crippen molar-refractivity contribution in [3.05, 3.63) is 70.8 Å². The van der Waals surface area contributed by atoms with Crippen LogP contribution in [0.25, 0.3) is 0 Å². The van der Waals surface area contributed by atoms with E-state index in [1.807, 2.05) is 19.1 Å². The second kappa shape index (κ2) is 6.75. The van der Waals surface area contributed by atoms with Gasteiger partial charge in [-0.05, 0) is 24.6 Å². The summed E-state index contributed by atoms with van der Waals surface area (Å²) >= 11 is 0. The fraction of sp³-hybridized carbons (Fsp3) is 0.316. The Hall–Kier alpha value is -2.13. The number of benzene rings is 2. The molecule has 0 spiro atoms. The predicted molar refractivity (Wildman–Crippen MR) is 87.8 cm³/mol. The minimum atomic E-state index is 0.00768. The van der Waals surface area contributed by atoms with Gasteiger partial charge in [0.15, 0.2) is 0 Å². The molecule has 1 heterocycles. The molecule has 3 nitrogen and oxygen atoms in total. The molecule has 114 valence electrons. The lowest BCUT2D eigenvalue weighted by Gasteiger charge is -2.26. The van der Waals surface area contributed by atoms with Crippen LogP contribution in [0.2, 0.25) is 0 Å². The molecule has 0 aromatic heterocycles. The molecule has 2 aromatic carbocycles. The predicted octanol–water partition coefficient (Wildman–Crippen LogP) is 1.58. The first-order valence-electron chi connectivity index (χ1n) is 8.03. The number of nitrogens with one attached hydrogen (secondary N) is 2. The standard InChI is InChI=1S/C19H22N2O/c1-2-20-19(22)17-9-7-15(8-10-17)13-21-12-11-16-5-3-4-6-18(16)14-21/h3-10H,2,11-14H2,1H3,(H,20,22)/p+1. The number of quaternary nitrogens is 1. The van der Waals surface area contributed by atoms with Crippen LogP contribution in [0, 0.1) is 0 Å². The molecule has 1 aliphatic rings. The van der Waals surface area contributed by atoms with E-state index in [1.54, 1.807) is 4.90 Å². The quantitative estimate of drug-likeness (QED) is 0.882. The summed E-state index contributed by atoms with van der Waals surface area (Å²) < 4.78 is 0. The molecule has 1 amide bonds. The summed E-state index contributed by atoms with van der Waals surface area (Å²) in [5, 5.41) is 2.83. The molecule has 0 saturated heterocycles. The highest BCUT2D eigenvalue weighted by Gasteiger charge is 2.19. The van der Waals surface area contributed by atoms with Crippen molar-refractivity contribution in [3.63, 3.8) is 0 Å². The summed E-state index contributed by atoms with van der Waals surface area (Å²) in [5.74, 6) is 0.00768. The number of amides is 1. The molecule has 1 aliphatic heterocycles. The Kier molecular flexibility index (Phi) is 4.54. The van der Waals surface area contributed by atoms with Gasteiger partial charge in [0.25, 0.3) is 5.91 Å². The largest absolute Gasteiger partial charge is 0.352 e. The van der Waals surface area contributed by atoms with Gasteiger partial charge in [-0.15, -0.1) is 0 Å². The Bertz CT molecular complexity index is 649. The van der Waals surface area contributed by atoms with Crippen molar-refractivity contribution in [2.75, 3.05) is 13.1 Å². The van der Waals surface area contributed by atoms with Crippen LogP contribution < -0.4 is 10.2 Å². The Morgan fingerprint density at radius 1 is 1.09 bits per heavy atom. The highest BCUT2D eigenvalue weighted by molar-refractivity contribution is 5.94. The average molecular weight is 295 g/mol. The Morgan fingerprint density at radius 3 is 2.55 bits per heavy atom. The number of hydrogen-bond acceptors (Lipinski definition) is 1. The molecule has 3 heteroatoms. The molecule has 2 aromatic rings. The summed E-state index contributed by atoms with van der Waals surface area (Å²) in [5.41, 5.74) is 5.01. The van der Waals surface area contributed by atoms with Crippen LogP contribution in [0.5, 0.6) is 0 Å². The summed E-state index contributed by atoms with van der Waals surface area (Å²) in [7, 11) is 0. The van der Waals surface area contributed by atoms with Crippen LogP contribution in [0.4, 0.5) is 0 Å². The van der Waals surface area contributed by atoms with E-state index < -0.39 is 0 Å². The SMILES string of the molecule is CCNC(=O)c1ccc(C[NH+]2CCc3ccccc3C2)cc1. The first-order chi connectivity index (χ1) is 10.8. The van der Waals surface area contributed by atoms with Crippen molar-refractivity contribution in [3.8, 4) is 0 Å². The van der Waals surface area contributed by atoms with Gasteiger partial charge in [0.1, 0.15) is 13.1 Å². The lowest BCUT2D eigenvalue weighted by atomic mass is 9.99. The number of hydrogen-bond donors (Lipinski definition) is 2. The van der Waals surface area contributed by atoms with Crippen molar-refractivity contribution in [2.24, 2.45) is 0 Å². The molecule has 0 radical (unpaired) electrons. The van der Waals surface area contributed by atoms with E-state index in [-0.39, 0.29) is 5.91 Å². The molecule has 1 unspecified atom stereocenters. The first kappa shape index (κ1) is 14.8. The minimum absolute atomic E-state index is 0.00768. The molecule has 2 N–H and O–H groups in total. The zero-order chi connectivity index (χ0) is 15.4. The molecule has 3 rings (SSSR count). The number of fused-ring (bicyclic) bond motifs is 1. The molecule has 22 heavy (non-hydrogen) atoms. The Morgan fingerprint density at radius 2 is 1.82 bits per heavy atom. The molecule has 0 fully saturated rings. The van der Waals surface area contributed by atoms with E-state index in [9.17, 15) is 4.79 Å². The lowest BCUT2D eigenvalue weighted by Crippen LogP contribution is -3.10. The molecular weight excluding hydrogens is 272 g/mol. The highest BCUT2D eigenvalue weighted by atomic mass is 16.1. The first-order valence-corrected chi connectivity index (χ1v) is 8.03. The van der Waals surface area contributed by atoms with Gasteiger partial charge in [-0.25, -0.2) is 0 Å². The molecular formula is C19H23N2O+. The van der Waals surface area contributed by atoms with E-state index >= 15 is 0 Å². The third-order valence-corrected chi connectivity index (χ3v) is 4.31. The van der Waals surface area contributed by atoms with Crippen molar-refractivity contribution in [1.29, 1.82) is 0 Å². The summed E-state index contributed by atoms with van der Waals surface area (Å²) in [4.78, 5) is 13.4. The zero-order valence-electron chi connectivity index (χ0n) is 13.1. The summed E-state index contributed by atoms with van der Waals surface area (Å²) in [6.45, 7) is 5.88. The maximum absolute atomic E-state index is 11.8. The van der Waals surface area contributed by atoms with Crippen LogP contribution >= 0.6 is 0 Å². The lowest BCUT2D eigenvalue weighted by molar-refractivity contribution is -0.929. The third-order valence-electron chi connectivity index (χ3n) is 4.31. The van der Waals surface area contributed by atoms with E-state index in [1.165, 1.54) is 23.2 Å². The minimum Gasteiger partial charge on any atom is -0.352 e. The maximum Gasteiger partial charge on any atom is 0.251 e. The number of carbonyl (C=O) groups is 1. The van der Waals surface area contributed by atoms with Gasteiger partial charge in [-0.3, -0.25) is 4.79 Å². The number of rotatable bonds is 4. The molecule has 0 saturated carbocycles. The molecule has 1 atom stereocenters. The van der Waals surface area contributed by atoms with Gasteiger partial charge >= 0.3 is 0 Å². The Labute approximate surface area is 132 Å². The van der Waals surface area contributed by atoms with Gasteiger partial charge in [0.05, 0.1) is 6.54 Å². The fourth-order valence-corrected chi connectivity index (χ4v) is 3.12. The summed E-state index contributed by atoms with van der Waals surface area (Å²) in [6.07, 6.45) is 1.16. The smallest absolute Gasteiger partial charge is 0.251 e. The van der Waals surface area contributed by atoms with E-state index in [0.717, 1.165) is 25.1 Å². The van der Waals surface area contributed by atoms with Crippen LogP contribution in [0.1, 0.15) is 34.0 Å². The van der Waals surface area contributed by atoms with E-state index in [2.05, 4.69) is 41.7 Å². The summed E-state index contributed by atoms with van der Waals surface area (Å²) in [6, 6.07) is 16.8. The van der Waals surface area contributed by atoms with Crippen LogP contribution in [0.15, 0.2) is 48.5 Å². The second-order valence-electron chi connectivity index (χ2n) is 5.93. The second-order valence-corrected chi connectivity index (χ2v) is 5.93. The van der Waals surface area contributed by atoms with Crippen molar-refractivity contribution >= 4 is 5.91 Å². The van der Waals surface area contributed by atoms with Gasteiger partial charge in [0.2, 0.25) is 0 Å². The van der Waals surface area contributed by atoms with Crippen LogP contribution in [-0.2, 0) is 19.5 Å². The van der Waals surface area contributed by atoms with Gasteiger partial charge < -0.3 is 10.2 Å². The van der Waals surface area contributed by atoms with Crippen LogP contribution in [0.3, 0.4) is 0 Å². The van der Waals surface area contributed by atoms with Gasteiger partial charge in [0, 0.05) is 29.7 Å².